The predicted octanol–water partition coefficient (Wildman–Crippen LogP) is 3.36. The van der Waals surface area contributed by atoms with Crippen LogP contribution >= 0.6 is 0 Å². The molecule has 0 aliphatic carbocycles. The standard InChI is InChI=1S/C23H25N3O5/c1-15-22(16(2)26(25-15)13-17-8-6-5-7-9-17)23(28)31-14-21(27)24-18-10-19(29-3)12-20(11-18)30-4/h5-12H,13-14H2,1-4H3,(H,24,27). The Bertz CT molecular complexity index is 1050. The van der Waals surface area contributed by atoms with Crippen molar-refractivity contribution in [3.8, 4) is 11.5 Å². The Balaban J connectivity index is 1.64. The highest BCUT2D eigenvalue weighted by Crippen LogP contribution is 2.25. The van der Waals surface area contributed by atoms with Crippen molar-refractivity contribution in [3.05, 3.63) is 71.0 Å². The molecule has 1 N–H and O–H groups in total. The molecule has 0 saturated carbocycles. The number of hydrogen-bond acceptors (Lipinski definition) is 6. The first-order valence-electron chi connectivity index (χ1n) is 9.69. The number of rotatable bonds is 8. The van der Waals surface area contributed by atoms with Crippen LogP contribution in [0.4, 0.5) is 5.69 Å². The number of carbonyl (C=O) groups is 2. The van der Waals surface area contributed by atoms with Gasteiger partial charge in [0.2, 0.25) is 0 Å². The zero-order chi connectivity index (χ0) is 22.4. The van der Waals surface area contributed by atoms with Crippen LogP contribution in [0.1, 0.15) is 27.3 Å². The van der Waals surface area contributed by atoms with E-state index in [1.807, 2.05) is 37.3 Å². The first-order chi connectivity index (χ1) is 14.9. The number of nitrogens with one attached hydrogen (secondary N) is 1. The fraction of sp³-hybridized carbons (Fsp3) is 0.261. The third-order valence-electron chi connectivity index (χ3n) is 4.73. The average Bonchev–Trinajstić information content (AvgIpc) is 3.05. The number of nitrogens with zero attached hydrogens (tertiary/aromatic N) is 2. The Kier molecular flexibility index (Phi) is 6.92. The van der Waals surface area contributed by atoms with Crippen LogP contribution in [0, 0.1) is 13.8 Å². The molecular formula is C23H25N3O5. The molecule has 2 aromatic carbocycles. The minimum absolute atomic E-state index is 0.367. The van der Waals surface area contributed by atoms with Gasteiger partial charge in [0.1, 0.15) is 17.1 Å². The number of esters is 1. The van der Waals surface area contributed by atoms with Crippen LogP contribution < -0.4 is 14.8 Å². The van der Waals surface area contributed by atoms with Crippen LogP contribution in [-0.4, -0.2) is 42.5 Å². The summed E-state index contributed by atoms with van der Waals surface area (Å²) >= 11 is 0. The molecule has 0 saturated heterocycles. The normalized spacial score (nSPS) is 10.5. The molecule has 0 aliphatic rings. The van der Waals surface area contributed by atoms with Crippen LogP contribution in [0.15, 0.2) is 48.5 Å². The van der Waals surface area contributed by atoms with Crippen molar-refractivity contribution in [1.29, 1.82) is 0 Å². The van der Waals surface area contributed by atoms with E-state index in [1.165, 1.54) is 14.2 Å². The Morgan fingerprint density at radius 3 is 2.26 bits per heavy atom. The number of aryl methyl sites for hydroxylation is 1. The quantitative estimate of drug-likeness (QED) is 0.559. The molecule has 3 aromatic rings. The molecule has 162 valence electrons. The number of methoxy groups -OCH3 is 2. The monoisotopic (exact) mass is 423 g/mol. The van der Waals surface area contributed by atoms with E-state index in [0.717, 1.165) is 5.56 Å². The van der Waals surface area contributed by atoms with E-state index < -0.39 is 18.5 Å². The lowest BCUT2D eigenvalue weighted by molar-refractivity contribution is -0.119. The largest absolute Gasteiger partial charge is 0.497 e. The molecule has 31 heavy (non-hydrogen) atoms. The molecule has 0 radical (unpaired) electrons. The van der Waals surface area contributed by atoms with E-state index in [9.17, 15) is 9.59 Å². The van der Waals surface area contributed by atoms with Crippen LogP contribution in [0.25, 0.3) is 0 Å². The second-order valence-corrected chi connectivity index (χ2v) is 6.91. The molecule has 1 heterocycles. The van der Waals surface area contributed by atoms with Gasteiger partial charge in [-0.2, -0.15) is 5.10 Å². The number of aromatic nitrogens is 2. The molecule has 3 rings (SSSR count). The van der Waals surface area contributed by atoms with Gasteiger partial charge in [-0.1, -0.05) is 30.3 Å². The van der Waals surface area contributed by atoms with Gasteiger partial charge < -0.3 is 19.5 Å². The summed E-state index contributed by atoms with van der Waals surface area (Å²) in [4.78, 5) is 24.9. The summed E-state index contributed by atoms with van der Waals surface area (Å²) in [5.41, 5.74) is 3.15. The molecule has 1 aromatic heterocycles. The Morgan fingerprint density at radius 2 is 1.65 bits per heavy atom. The third-order valence-corrected chi connectivity index (χ3v) is 4.73. The number of carbonyl (C=O) groups excluding carboxylic acids is 2. The van der Waals surface area contributed by atoms with Crippen molar-refractivity contribution in [2.75, 3.05) is 26.1 Å². The summed E-state index contributed by atoms with van der Waals surface area (Å²) in [6, 6.07) is 14.8. The van der Waals surface area contributed by atoms with Crippen LogP contribution in [0.5, 0.6) is 11.5 Å². The molecular weight excluding hydrogens is 398 g/mol. The van der Waals surface area contributed by atoms with E-state index >= 15 is 0 Å². The van der Waals surface area contributed by atoms with Crippen molar-refractivity contribution in [2.45, 2.75) is 20.4 Å². The Morgan fingerprint density at radius 1 is 1.00 bits per heavy atom. The maximum atomic E-state index is 12.6. The van der Waals surface area contributed by atoms with Gasteiger partial charge in [0.25, 0.3) is 5.91 Å². The molecule has 0 bridgehead atoms. The predicted molar refractivity (Wildman–Crippen MR) is 116 cm³/mol. The SMILES string of the molecule is COc1cc(NC(=O)COC(=O)c2c(C)nn(Cc3ccccc3)c2C)cc(OC)c1. The summed E-state index contributed by atoms with van der Waals surface area (Å²) < 4.78 is 17.3. The number of anilines is 1. The van der Waals surface area contributed by atoms with Crippen LogP contribution in [0.3, 0.4) is 0 Å². The number of hydrogen-bond donors (Lipinski definition) is 1. The van der Waals surface area contributed by atoms with Gasteiger partial charge in [-0.05, 0) is 19.4 Å². The second kappa shape index (κ2) is 9.80. The lowest BCUT2D eigenvalue weighted by atomic mass is 10.2. The summed E-state index contributed by atoms with van der Waals surface area (Å²) in [7, 11) is 3.04. The van der Waals surface area contributed by atoms with Crippen molar-refractivity contribution in [2.24, 2.45) is 0 Å². The van der Waals surface area contributed by atoms with Gasteiger partial charge in [0.15, 0.2) is 6.61 Å². The molecule has 0 fully saturated rings. The fourth-order valence-electron chi connectivity index (χ4n) is 3.18. The van der Waals surface area contributed by atoms with E-state index in [-0.39, 0.29) is 0 Å². The van der Waals surface area contributed by atoms with E-state index in [4.69, 9.17) is 14.2 Å². The van der Waals surface area contributed by atoms with Crippen molar-refractivity contribution in [1.82, 2.24) is 9.78 Å². The topological polar surface area (TPSA) is 91.7 Å². The average molecular weight is 423 g/mol. The lowest BCUT2D eigenvalue weighted by Crippen LogP contribution is -2.21. The van der Waals surface area contributed by atoms with Gasteiger partial charge >= 0.3 is 5.97 Å². The maximum Gasteiger partial charge on any atom is 0.342 e. The highest BCUT2D eigenvalue weighted by Gasteiger charge is 2.21. The van der Waals surface area contributed by atoms with E-state index in [1.54, 1.807) is 29.8 Å². The van der Waals surface area contributed by atoms with Crippen molar-refractivity contribution >= 4 is 17.6 Å². The summed E-state index contributed by atoms with van der Waals surface area (Å²) in [5, 5.41) is 7.12. The highest BCUT2D eigenvalue weighted by molar-refractivity contribution is 5.96. The van der Waals surface area contributed by atoms with E-state index in [2.05, 4.69) is 10.4 Å². The Labute approximate surface area is 180 Å². The minimum atomic E-state index is -0.590. The summed E-state index contributed by atoms with van der Waals surface area (Å²) in [6.45, 7) is 3.66. The molecule has 0 atom stereocenters. The first kappa shape index (κ1) is 21.9. The number of amides is 1. The van der Waals surface area contributed by atoms with Crippen molar-refractivity contribution in [3.63, 3.8) is 0 Å². The maximum absolute atomic E-state index is 12.6. The first-order valence-corrected chi connectivity index (χ1v) is 9.69. The lowest BCUT2D eigenvalue weighted by Gasteiger charge is -2.10. The molecule has 1 amide bonds. The third kappa shape index (κ3) is 5.42. The minimum Gasteiger partial charge on any atom is -0.497 e. The molecule has 8 heteroatoms. The van der Waals surface area contributed by atoms with Gasteiger partial charge in [-0.25, -0.2) is 4.79 Å². The molecule has 0 aliphatic heterocycles. The molecule has 0 unspecified atom stereocenters. The number of benzene rings is 2. The van der Waals surface area contributed by atoms with Crippen LogP contribution in [-0.2, 0) is 16.1 Å². The highest BCUT2D eigenvalue weighted by atomic mass is 16.5. The van der Waals surface area contributed by atoms with Crippen molar-refractivity contribution < 1.29 is 23.8 Å². The fourth-order valence-corrected chi connectivity index (χ4v) is 3.18. The zero-order valence-electron chi connectivity index (χ0n) is 18.0. The smallest absolute Gasteiger partial charge is 0.342 e. The van der Waals surface area contributed by atoms with E-state index in [0.29, 0.717) is 40.7 Å². The zero-order valence-corrected chi connectivity index (χ0v) is 18.0. The summed E-state index contributed by atoms with van der Waals surface area (Å²) in [6.07, 6.45) is 0. The Hall–Kier alpha value is -3.81. The van der Waals surface area contributed by atoms with Gasteiger partial charge in [0, 0.05) is 23.9 Å². The summed E-state index contributed by atoms with van der Waals surface area (Å²) in [5.74, 6) is -0.00391. The van der Waals surface area contributed by atoms with Gasteiger partial charge in [-0.15, -0.1) is 0 Å². The van der Waals surface area contributed by atoms with Gasteiger partial charge in [-0.3, -0.25) is 9.48 Å². The molecule has 0 spiro atoms. The molecule has 8 nitrogen and oxygen atoms in total. The van der Waals surface area contributed by atoms with Gasteiger partial charge in [0.05, 0.1) is 32.2 Å². The second-order valence-electron chi connectivity index (χ2n) is 6.91. The van der Waals surface area contributed by atoms with Crippen LogP contribution in [0.2, 0.25) is 0 Å². The number of ether oxygens (including phenoxy) is 3.